The molecule has 1 spiro atoms. The molecule has 29 heavy (non-hydrogen) atoms. The minimum Gasteiger partial charge on any atom is -0.382 e. The second-order valence-electron chi connectivity index (χ2n) is 7.62. The Morgan fingerprint density at radius 2 is 2.00 bits per heavy atom. The van der Waals surface area contributed by atoms with Gasteiger partial charge in [0.2, 0.25) is 5.95 Å². The molecule has 0 aliphatic carbocycles. The third-order valence-corrected chi connectivity index (χ3v) is 7.57. The van der Waals surface area contributed by atoms with Gasteiger partial charge in [0.1, 0.15) is 5.82 Å². The van der Waals surface area contributed by atoms with E-state index >= 15 is 0 Å². The van der Waals surface area contributed by atoms with Crippen LogP contribution in [0.4, 0.5) is 11.8 Å². The molecule has 3 aromatic heterocycles. The van der Waals surface area contributed by atoms with Gasteiger partial charge in [0.05, 0.1) is 23.1 Å². The van der Waals surface area contributed by atoms with Crippen LogP contribution in [0.5, 0.6) is 0 Å². The number of ether oxygens (including phenoxy) is 1. The van der Waals surface area contributed by atoms with Crippen LogP contribution in [-0.2, 0) is 4.74 Å². The van der Waals surface area contributed by atoms with Gasteiger partial charge in [0.25, 0.3) is 0 Å². The number of piperidine rings is 1. The van der Waals surface area contributed by atoms with E-state index in [0.29, 0.717) is 17.4 Å². The first kappa shape index (κ1) is 18.9. The zero-order valence-corrected chi connectivity index (χ0v) is 17.4. The molecule has 152 valence electrons. The fourth-order valence-electron chi connectivity index (χ4n) is 4.17. The average Bonchev–Trinajstić information content (AvgIpc) is 3.35. The van der Waals surface area contributed by atoms with E-state index in [1.807, 2.05) is 22.9 Å². The van der Waals surface area contributed by atoms with Gasteiger partial charge in [0.15, 0.2) is 5.65 Å². The Hall–Kier alpha value is -2.07. The molecule has 3 aromatic rings. The lowest BCUT2D eigenvalue weighted by Crippen LogP contribution is -2.49. The summed E-state index contributed by atoms with van der Waals surface area (Å²) in [7, 11) is 0. The van der Waals surface area contributed by atoms with Gasteiger partial charge in [-0.25, -0.2) is 15.0 Å². The summed E-state index contributed by atoms with van der Waals surface area (Å²) in [6.45, 7) is 3.23. The van der Waals surface area contributed by atoms with E-state index < -0.39 is 0 Å². The molecule has 2 aliphatic heterocycles. The van der Waals surface area contributed by atoms with Crippen molar-refractivity contribution in [3.63, 3.8) is 0 Å². The van der Waals surface area contributed by atoms with Crippen molar-refractivity contribution in [3.8, 4) is 0 Å². The number of nitrogens with zero attached hydrogens (tertiary/aromatic N) is 5. The number of nitrogen functional groups attached to an aromatic ring is 1. The van der Waals surface area contributed by atoms with Crippen molar-refractivity contribution in [3.05, 3.63) is 35.9 Å². The molecule has 0 saturated carbocycles. The molecule has 10 heteroatoms. The molecule has 1 atom stereocenters. The quantitative estimate of drug-likeness (QED) is 0.651. The van der Waals surface area contributed by atoms with Crippen LogP contribution in [0.25, 0.3) is 5.65 Å². The Labute approximate surface area is 177 Å². The largest absolute Gasteiger partial charge is 0.382 e. The van der Waals surface area contributed by atoms with Crippen LogP contribution < -0.4 is 16.4 Å². The van der Waals surface area contributed by atoms with E-state index in [9.17, 15) is 0 Å². The SMILES string of the molecule is Nc1nccc(Sc2cnc(N3CCC4(CC3)COC[C@H]4N)n3ccnc23)c1Cl. The van der Waals surface area contributed by atoms with Crippen molar-refractivity contribution >= 4 is 40.8 Å². The van der Waals surface area contributed by atoms with Gasteiger partial charge in [-0.1, -0.05) is 23.4 Å². The molecule has 0 radical (unpaired) electrons. The summed E-state index contributed by atoms with van der Waals surface area (Å²) in [4.78, 5) is 17.4. The van der Waals surface area contributed by atoms with E-state index in [1.165, 1.54) is 11.8 Å². The van der Waals surface area contributed by atoms with Crippen molar-refractivity contribution in [1.82, 2.24) is 19.4 Å². The first-order valence-corrected chi connectivity index (χ1v) is 10.7. The number of rotatable bonds is 3. The second-order valence-corrected chi connectivity index (χ2v) is 9.09. The van der Waals surface area contributed by atoms with E-state index in [-0.39, 0.29) is 11.5 Å². The maximum absolute atomic E-state index is 6.32. The highest BCUT2D eigenvalue weighted by Crippen LogP contribution is 2.40. The number of anilines is 2. The van der Waals surface area contributed by atoms with Crippen LogP contribution >= 0.6 is 23.4 Å². The summed E-state index contributed by atoms with van der Waals surface area (Å²) < 4.78 is 7.67. The van der Waals surface area contributed by atoms with Gasteiger partial charge in [-0.2, -0.15) is 0 Å². The van der Waals surface area contributed by atoms with Crippen molar-refractivity contribution < 1.29 is 4.74 Å². The van der Waals surface area contributed by atoms with Crippen LogP contribution in [0.2, 0.25) is 5.02 Å². The summed E-state index contributed by atoms with van der Waals surface area (Å²) >= 11 is 7.79. The third kappa shape index (κ3) is 3.22. The third-order valence-electron chi connectivity index (χ3n) is 5.99. The van der Waals surface area contributed by atoms with Gasteiger partial charge in [-0.3, -0.25) is 4.40 Å². The number of fused-ring (bicyclic) bond motifs is 1. The first-order valence-electron chi connectivity index (χ1n) is 9.56. The summed E-state index contributed by atoms with van der Waals surface area (Å²) in [5, 5.41) is 0.447. The maximum Gasteiger partial charge on any atom is 0.211 e. The molecule has 4 N–H and O–H groups in total. The van der Waals surface area contributed by atoms with Gasteiger partial charge in [-0.05, 0) is 18.9 Å². The predicted molar refractivity (Wildman–Crippen MR) is 113 cm³/mol. The minimum absolute atomic E-state index is 0.109. The number of hydrogen-bond donors (Lipinski definition) is 2. The minimum atomic E-state index is 0.109. The molecule has 0 bridgehead atoms. The van der Waals surface area contributed by atoms with E-state index in [1.54, 1.807) is 12.4 Å². The van der Waals surface area contributed by atoms with E-state index in [4.69, 9.17) is 32.8 Å². The summed E-state index contributed by atoms with van der Waals surface area (Å²) in [5.41, 5.74) is 13.1. The predicted octanol–water partition coefficient (Wildman–Crippen LogP) is 2.46. The fourth-order valence-corrected chi connectivity index (χ4v) is 5.30. The smallest absolute Gasteiger partial charge is 0.211 e. The lowest BCUT2D eigenvalue weighted by atomic mass is 9.75. The standard InChI is InChI=1S/C19H22ClN7OS/c20-15-12(1-4-23-16(15)22)29-13-9-25-18(27-8-5-24-17(13)27)26-6-2-19(3-7-26)11-28-10-14(19)21/h1,4-5,8-9,14H,2-3,6-7,10-11,21H2,(H2,22,23)/t14-/m1/s1. The first-order chi connectivity index (χ1) is 14.1. The van der Waals surface area contributed by atoms with Crippen LogP contribution in [0.3, 0.4) is 0 Å². The van der Waals surface area contributed by atoms with E-state index in [2.05, 4.69) is 14.9 Å². The normalized spacial score (nSPS) is 21.3. The molecule has 0 unspecified atom stereocenters. The number of imidazole rings is 1. The molecule has 0 amide bonds. The summed E-state index contributed by atoms with van der Waals surface area (Å²) in [5.74, 6) is 1.21. The number of pyridine rings is 1. The molecule has 8 nitrogen and oxygen atoms in total. The highest BCUT2D eigenvalue weighted by molar-refractivity contribution is 7.99. The van der Waals surface area contributed by atoms with Crippen molar-refractivity contribution in [2.75, 3.05) is 36.9 Å². The topological polar surface area (TPSA) is 108 Å². The molecular weight excluding hydrogens is 410 g/mol. The van der Waals surface area contributed by atoms with Gasteiger partial charge >= 0.3 is 0 Å². The Morgan fingerprint density at radius 1 is 1.17 bits per heavy atom. The summed E-state index contributed by atoms with van der Waals surface area (Å²) in [6.07, 6.45) is 9.25. The number of halogens is 1. The number of aromatic nitrogens is 4. The Bertz CT molecular complexity index is 1050. The van der Waals surface area contributed by atoms with Crippen LogP contribution in [0.15, 0.2) is 40.6 Å². The zero-order valence-electron chi connectivity index (χ0n) is 15.8. The van der Waals surface area contributed by atoms with Crippen molar-refractivity contribution in [2.24, 2.45) is 11.1 Å². The molecule has 0 aromatic carbocycles. The maximum atomic E-state index is 6.32. The Morgan fingerprint density at radius 3 is 2.76 bits per heavy atom. The van der Waals surface area contributed by atoms with Gasteiger partial charge in [-0.15, -0.1) is 0 Å². The molecular formula is C19H22ClN7OS. The Kier molecular flexibility index (Phi) is 4.78. The molecule has 2 aliphatic rings. The molecule has 2 saturated heterocycles. The van der Waals surface area contributed by atoms with E-state index in [0.717, 1.165) is 53.9 Å². The van der Waals surface area contributed by atoms with Crippen LogP contribution in [-0.4, -0.2) is 51.7 Å². The van der Waals surface area contributed by atoms with Crippen molar-refractivity contribution in [1.29, 1.82) is 0 Å². The lowest BCUT2D eigenvalue weighted by molar-refractivity contribution is 0.131. The lowest BCUT2D eigenvalue weighted by Gasteiger charge is -2.41. The fraction of sp³-hybridized carbons (Fsp3) is 0.421. The number of nitrogens with two attached hydrogens (primary N) is 2. The summed E-state index contributed by atoms with van der Waals surface area (Å²) in [6, 6.07) is 1.97. The van der Waals surface area contributed by atoms with Crippen LogP contribution in [0.1, 0.15) is 12.8 Å². The number of hydrogen-bond acceptors (Lipinski definition) is 8. The average molecular weight is 432 g/mol. The Balaban J connectivity index is 1.42. The zero-order chi connectivity index (χ0) is 20.0. The van der Waals surface area contributed by atoms with Gasteiger partial charge in [0, 0.05) is 54.2 Å². The monoisotopic (exact) mass is 431 g/mol. The molecule has 5 rings (SSSR count). The highest BCUT2D eigenvalue weighted by atomic mass is 35.5. The van der Waals surface area contributed by atoms with Gasteiger partial charge < -0.3 is 21.1 Å². The second kappa shape index (κ2) is 7.32. The van der Waals surface area contributed by atoms with Crippen molar-refractivity contribution in [2.45, 2.75) is 28.7 Å². The molecule has 2 fully saturated rings. The highest BCUT2D eigenvalue weighted by Gasteiger charge is 2.44. The van der Waals surface area contributed by atoms with Crippen LogP contribution in [0, 0.1) is 5.41 Å². The molecule has 5 heterocycles.